The molecule has 0 radical (unpaired) electrons. The van der Waals surface area contributed by atoms with E-state index in [4.69, 9.17) is 0 Å². The number of aryl methyl sites for hydroxylation is 3. The first-order valence-electron chi connectivity index (χ1n) is 5.61. The first-order chi connectivity index (χ1) is 8.13. The molecule has 0 unspecified atom stereocenters. The number of hydrogen-bond donors (Lipinski definition) is 1. The number of nitrogens with one attached hydrogen (secondary N) is 1. The van der Waals surface area contributed by atoms with Gasteiger partial charge in [-0.15, -0.1) is 0 Å². The van der Waals surface area contributed by atoms with Crippen LogP contribution in [0.4, 0.5) is 5.82 Å². The van der Waals surface area contributed by atoms with Gasteiger partial charge in [0.2, 0.25) is 5.82 Å². The Labute approximate surface area is 99.7 Å². The average molecular weight is 232 g/mol. The zero-order chi connectivity index (χ0) is 12.4. The average Bonchev–Trinajstić information content (AvgIpc) is 2.63. The quantitative estimate of drug-likeness (QED) is 0.873. The van der Waals surface area contributed by atoms with Crippen LogP contribution in [-0.2, 0) is 6.54 Å². The molecule has 5 heteroatoms. The van der Waals surface area contributed by atoms with Crippen LogP contribution in [0.2, 0.25) is 0 Å². The second-order valence-corrected chi connectivity index (χ2v) is 3.93. The predicted molar refractivity (Wildman–Crippen MR) is 67.1 cm³/mol. The van der Waals surface area contributed by atoms with Gasteiger partial charge in [0.1, 0.15) is 0 Å². The lowest BCUT2D eigenvalue weighted by molar-refractivity contribution is 0.713. The van der Waals surface area contributed by atoms with Crippen LogP contribution in [0.3, 0.4) is 0 Å². The third-order valence-corrected chi connectivity index (χ3v) is 2.74. The Bertz CT molecular complexity index is 563. The first-order valence-corrected chi connectivity index (χ1v) is 5.61. The summed E-state index contributed by atoms with van der Waals surface area (Å²) in [6.45, 7) is 6.51. The SMILES string of the molecule is CCn1ccnc(Nn2c(C)ccc2C)c1=O. The zero-order valence-corrected chi connectivity index (χ0v) is 10.3. The lowest BCUT2D eigenvalue weighted by Crippen LogP contribution is -2.26. The highest BCUT2D eigenvalue weighted by atomic mass is 16.1. The lowest BCUT2D eigenvalue weighted by Gasteiger charge is -2.12. The van der Waals surface area contributed by atoms with Gasteiger partial charge in [-0.25, -0.2) is 4.98 Å². The number of hydrogen-bond acceptors (Lipinski definition) is 3. The summed E-state index contributed by atoms with van der Waals surface area (Å²) in [6, 6.07) is 3.98. The van der Waals surface area contributed by atoms with E-state index < -0.39 is 0 Å². The molecule has 0 saturated heterocycles. The molecule has 2 heterocycles. The summed E-state index contributed by atoms with van der Waals surface area (Å²) < 4.78 is 3.47. The van der Waals surface area contributed by atoms with Gasteiger partial charge in [0.05, 0.1) is 0 Å². The maximum absolute atomic E-state index is 12.0. The Morgan fingerprint density at radius 3 is 2.53 bits per heavy atom. The van der Waals surface area contributed by atoms with Gasteiger partial charge in [-0.3, -0.25) is 14.9 Å². The minimum Gasteiger partial charge on any atom is -0.311 e. The third-order valence-electron chi connectivity index (χ3n) is 2.74. The predicted octanol–water partition coefficient (Wildman–Crippen LogP) is 1.56. The minimum atomic E-state index is -0.109. The van der Waals surface area contributed by atoms with Gasteiger partial charge < -0.3 is 4.57 Å². The molecule has 2 aromatic rings. The molecular formula is C12H16N4O. The summed E-state index contributed by atoms with van der Waals surface area (Å²) in [5.41, 5.74) is 5.00. The van der Waals surface area contributed by atoms with Crippen molar-refractivity contribution in [1.29, 1.82) is 0 Å². The number of rotatable bonds is 3. The molecule has 1 N–H and O–H groups in total. The Morgan fingerprint density at radius 2 is 1.94 bits per heavy atom. The second-order valence-electron chi connectivity index (χ2n) is 3.93. The van der Waals surface area contributed by atoms with Crippen LogP contribution < -0.4 is 11.0 Å². The molecule has 0 fully saturated rings. The van der Waals surface area contributed by atoms with E-state index in [1.807, 2.05) is 37.6 Å². The molecule has 90 valence electrons. The van der Waals surface area contributed by atoms with Gasteiger partial charge in [-0.05, 0) is 32.9 Å². The summed E-state index contributed by atoms with van der Waals surface area (Å²) in [5, 5.41) is 0. The van der Waals surface area contributed by atoms with Crippen molar-refractivity contribution in [2.24, 2.45) is 0 Å². The summed E-state index contributed by atoms with van der Waals surface area (Å²) in [7, 11) is 0. The van der Waals surface area contributed by atoms with E-state index in [9.17, 15) is 4.79 Å². The molecule has 0 spiro atoms. The van der Waals surface area contributed by atoms with Gasteiger partial charge in [0, 0.05) is 30.3 Å². The number of nitrogens with zero attached hydrogens (tertiary/aromatic N) is 3. The van der Waals surface area contributed by atoms with E-state index in [-0.39, 0.29) is 5.56 Å². The molecule has 0 aliphatic heterocycles. The van der Waals surface area contributed by atoms with Crippen molar-refractivity contribution in [1.82, 2.24) is 14.2 Å². The summed E-state index contributed by atoms with van der Waals surface area (Å²) in [5.74, 6) is 0.344. The van der Waals surface area contributed by atoms with E-state index in [0.29, 0.717) is 12.4 Å². The van der Waals surface area contributed by atoms with E-state index in [1.54, 1.807) is 17.0 Å². The van der Waals surface area contributed by atoms with E-state index in [1.165, 1.54) is 0 Å². The van der Waals surface area contributed by atoms with Crippen molar-refractivity contribution in [3.63, 3.8) is 0 Å². The van der Waals surface area contributed by atoms with Crippen LogP contribution in [-0.4, -0.2) is 14.2 Å². The molecule has 0 saturated carbocycles. The Kier molecular flexibility index (Phi) is 2.99. The molecular weight excluding hydrogens is 216 g/mol. The first kappa shape index (κ1) is 11.4. The molecule has 5 nitrogen and oxygen atoms in total. The van der Waals surface area contributed by atoms with Crippen LogP contribution in [0.25, 0.3) is 0 Å². The lowest BCUT2D eigenvalue weighted by atomic mass is 10.5. The van der Waals surface area contributed by atoms with Crippen molar-refractivity contribution < 1.29 is 0 Å². The van der Waals surface area contributed by atoms with Crippen LogP contribution in [0.15, 0.2) is 29.3 Å². The summed E-state index contributed by atoms with van der Waals surface area (Å²) in [4.78, 5) is 16.1. The van der Waals surface area contributed by atoms with E-state index in [2.05, 4.69) is 10.4 Å². The molecule has 2 aromatic heterocycles. The summed E-state index contributed by atoms with van der Waals surface area (Å²) in [6.07, 6.45) is 3.31. The molecule has 17 heavy (non-hydrogen) atoms. The topological polar surface area (TPSA) is 51.9 Å². The summed E-state index contributed by atoms with van der Waals surface area (Å²) >= 11 is 0. The largest absolute Gasteiger partial charge is 0.311 e. The monoisotopic (exact) mass is 232 g/mol. The third kappa shape index (κ3) is 2.08. The van der Waals surface area contributed by atoms with Gasteiger partial charge >= 0.3 is 0 Å². The maximum atomic E-state index is 12.0. The zero-order valence-electron chi connectivity index (χ0n) is 10.3. The standard InChI is InChI=1S/C12H16N4O/c1-4-15-8-7-13-11(12(15)17)14-16-9(2)5-6-10(16)3/h5-8H,4H2,1-3H3,(H,13,14). The van der Waals surface area contributed by atoms with Crippen molar-refractivity contribution in [3.8, 4) is 0 Å². The van der Waals surface area contributed by atoms with E-state index >= 15 is 0 Å². The normalized spacial score (nSPS) is 10.5. The maximum Gasteiger partial charge on any atom is 0.295 e. The van der Waals surface area contributed by atoms with E-state index in [0.717, 1.165) is 11.4 Å². The fourth-order valence-electron chi connectivity index (χ4n) is 1.72. The fraction of sp³-hybridized carbons (Fsp3) is 0.333. The molecule has 2 rings (SSSR count). The van der Waals surface area contributed by atoms with Gasteiger partial charge in [-0.1, -0.05) is 0 Å². The van der Waals surface area contributed by atoms with Crippen molar-refractivity contribution in [3.05, 3.63) is 46.3 Å². The van der Waals surface area contributed by atoms with Gasteiger partial charge in [-0.2, -0.15) is 0 Å². The van der Waals surface area contributed by atoms with Crippen LogP contribution in [0.5, 0.6) is 0 Å². The van der Waals surface area contributed by atoms with Crippen LogP contribution in [0.1, 0.15) is 18.3 Å². The van der Waals surface area contributed by atoms with Crippen molar-refractivity contribution >= 4 is 5.82 Å². The highest BCUT2D eigenvalue weighted by Crippen LogP contribution is 2.06. The highest BCUT2D eigenvalue weighted by Gasteiger charge is 2.06. The number of aromatic nitrogens is 3. The molecule has 0 amide bonds. The Balaban J connectivity index is 2.40. The Hall–Kier alpha value is -2.04. The van der Waals surface area contributed by atoms with Crippen molar-refractivity contribution in [2.45, 2.75) is 27.3 Å². The number of anilines is 1. The van der Waals surface area contributed by atoms with Crippen LogP contribution >= 0.6 is 0 Å². The smallest absolute Gasteiger partial charge is 0.295 e. The molecule has 0 aliphatic rings. The highest BCUT2D eigenvalue weighted by molar-refractivity contribution is 5.33. The molecule has 0 atom stereocenters. The van der Waals surface area contributed by atoms with Crippen LogP contribution in [0, 0.1) is 13.8 Å². The van der Waals surface area contributed by atoms with Gasteiger partial charge in [0.25, 0.3) is 5.56 Å². The molecule has 0 aromatic carbocycles. The fourth-order valence-corrected chi connectivity index (χ4v) is 1.72. The minimum absolute atomic E-state index is 0.109. The molecule has 0 aliphatic carbocycles. The second kappa shape index (κ2) is 4.45. The van der Waals surface area contributed by atoms with Crippen molar-refractivity contribution in [2.75, 3.05) is 5.43 Å². The Morgan fingerprint density at radius 1 is 1.29 bits per heavy atom. The van der Waals surface area contributed by atoms with Gasteiger partial charge in [0.15, 0.2) is 0 Å². The molecule has 0 bridgehead atoms.